The summed E-state index contributed by atoms with van der Waals surface area (Å²) in [5.41, 5.74) is 5.51. The SMILES string of the molecule is C#CCSCCNC(=O)[C@@H](N)CC. The Hall–Kier alpha value is -0.660. The molecule has 4 heteroatoms. The molecule has 0 radical (unpaired) electrons. The minimum atomic E-state index is -0.377. The molecular formula is C9H16N2OS. The van der Waals surface area contributed by atoms with Gasteiger partial charge in [-0.3, -0.25) is 4.79 Å². The Morgan fingerprint density at radius 3 is 3.00 bits per heavy atom. The van der Waals surface area contributed by atoms with Gasteiger partial charge in [-0.25, -0.2) is 0 Å². The molecule has 3 N–H and O–H groups in total. The molecule has 0 aliphatic heterocycles. The fourth-order valence-corrected chi connectivity index (χ4v) is 1.20. The van der Waals surface area contributed by atoms with Crippen LogP contribution in [0.3, 0.4) is 0 Å². The van der Waals surface area contributed by atoms with E-state index in [0.717, 1.165) is 5.75 Å². The normalized spacial score (nSPS) is 11.8. The van der Waals surface area contributed by atoms with E-state index in [4.69, 9.17) is 12.2 Å². The van der Waals surface area contributed by atoms with Gasteiger partial charge in [0.2, 0.25) is 5.91 Å². The molecule has 0 aromatic rings. The van der Waals surface area contributed by atoms with Gasteiger partial charge < -0.3 is 11.1 Å². The van der Waals surface area contributed by atoms with E-state index in [1.165, 1.54) is 0 Å². The number of nitrogens with one attached hydrogen (secondary N) is 1. The van der Waals surface area contributed by atoms with E-state index in [-0.39, 0.29) is 11.9 Å². The van der Waals surface area contributed by atoms with Crippen molar-refractivity contribution >= 4 is 17.7 Å². The fourth-order valence-electron chi connectivity index (χ4n) is 0.694. The highest BCUT2D eigenvalue weighted by molar-refractivity contribution is 7.99. The number of rotatable bonds is 6. The van der Waals surface area contributed by atoms with Crippen LogP contribution in [-0.2, 0) is 4.79 Å². The van der Waals surface area contributed by atoms with Crippen molar-refractivity contribution in [3.63, 3.8) is 0 Å². The van der Waals surface area contributed by atoms with Gasteiger partial charge >= 0.3 is 0 Å². The number of carbonyl (C=O) groups is 1. The van der Waals surface area contributed by atoms with Crippen LogP contribution in [0.25, 0.3) is 0 Å². The van der Waals surface area contributed by atoms with E-state index in [0.29, 0.717) is 18.7 Å². The molecule has 3 nitrogen and oxygen atoms in total. The molecular weight excluding hydrogens is 184 g/mol. The van der Waals surface area contributed by atoms with Crippen molar-refractivity contribution in [2.75, 3.05) is 18.1 Å². The number of hydrogen-bond donors (Lipinski definition) is 2. The van der Waals surface area contributed by atoms with Crippen LogP contribution < -0.4 is 11.1 Å². The number of nitrogens with two attached hydrogens (primary N) is 1. The lowest BCUT2D eigenvalue weighted by molar-refractivity contribution is -0.122. The predicted molar refractivity (Wildman–Crippen MR) is 57.4 cm³/mol. The lowest BCUT2D eigenvalue weighted by Gasteiger charge is -2.08. The van der Waals surface area contributed by atoms with Crippen molar-refractivity contribution in [3.05, 3.63) is 0 Å². The smallest absolute Gasteiger partial charge is 0.236 e. The zero-order valence-electron chi connectivity index (χ0n) is 7.88. The number of carbonyl (C=O) groups excluding carboxylic acids is 1. The van der Waals surface area contributed by atoms with Crippen molar-refractivity contribution in [1.29, 1.82) is 0 Å². The third-order valence-electron chi connectivity index (χ3n) is 1.51. The Bertz CT molecular complexity index is 189. The van der Waals surface area contributed by atoms with E-state index in [2.05, 4.69) is 11.2 Å². The van der Waals surface area contributed by atoms with Crippen LogP contribution in [0.5, 0.6) is 0 Å². The third kappa shape index (κ3) is 6.50. The van der Waals surface area contributed by atoms with Crippen molar-refractivity contribution in [2.24, 2.45) is 5.73 Å². The highest BCUT2D eigenvalue weighted by Crippen LogP contribution is 1.95. The summed E-state index contributed by atoms with van der Waals surface area (Å²) in [6.45, 7) is 2.52. The second-order valence-electron chi connectivity index (χ2n) is 2.56. The Morgan fingerprint density at radius 2 is 2.46 bits per heavy atom. The van der Waals surface area contributed by atoms with Gasteiger partial charge in [0.25, 0.3) is 0 Å². The first-order valence-electron chi connectivity index (χ1n) is 4.26. The van der Waals surface area contributed by atoms with Crippen molar-refractivity contribution in [3.8, 4) is 12.3 Å². The van der Waals surface area contributed by atoms with Gasteiger partial charge in [-0.15, -0.1) is 18.2 Å². The second kappa shape index (κ2) is 7.96. The number of thioether (sulfide) groups is 1. The van der Waals surface area contributed by atoms with Crippen LogP contribution in [-0.4, -0.2) is 30.0 Å². The first kappa shape index (κ1) is 12.3. The van der Waals surface area contributed by atoms with Gasteiger partial charge in [0.1, 0.15) is 0 Å². The van der Waals surface area contributed by atoms with E-state index in [9.17, 15) is 4.79 Å². The maximum atomic E-state index is 11.1. The van der Waals surface area contributed by atoms with E-state index >= 15 is 0 Å². The van der Waals surface area contributed by atoms with Crippen LogP contribution in [0.2, 0.25) is 0 Å². The molecule has 0 aliphatic rings. The molecule has 0 aromatic heterocycles. The van der Waals surface area contributed by atoms with Crippen LogP contribution in [0.15, 0.2) is 0 Å². The molecule has 0 aromatic carbocycles. The Kier molecular flexibility index (Phi) is 7.56. The number of terminal acetylenes is 1. The monoisotopic (exact) mass is 200 g/mol. The third-order valence-corrected chi connectivity index (χ3v) is 2.37. The fraction of sp³-hybridized carbons (Fsp3) is 0.667. The van der Waals surface area contributed by atoms with E-state index in [1.807, 2.05) is 6.92 Å². The molecule has 0 fully saturated rings. The maximum Gasteiger partial charge on any atom is 0.236 e. The number of hydrogen-bond acceptors (Lipinski definition) is 3. The first-order chi connectivity index (χ1) is 6.22. The largest absolute Gasteiger partial charge is 0.354 e. The van der Waals surface area contributed by atoms with Crippen LogP contribution >= 0.6 is 11.8 Å². The summed E-state index contributed by atoms with van der Waals surface area (Å²) in [5, 5.41) is 2.74. The summed E-state index contributed by atoms with van der Waals surface area (Å²) in [5.74, 6) is 3.97. The highest BCUT2D eigenvalue weighted by atomic mass is 32.2. The average molecular weight is 200 g/mol. The van der Waals surface area contributed by atoms with E-state index < -0.39 is 0 Å². The van der Waals surface area contributed by atoms with Gasteiger partial charge in [0.15, 0.2) is 0 Å². The molecule has 0 rings (SSSR count). The highest BCUT2D eigenvalue weighted by Gasteiger charge is 2.08. The molecule has 0 saturated heterocycles. The van der Waals surface area contributed by atoms with Gasteiger partial charge in [-0.2, -0.15) is 0 Å². The molecule has 0 spiro atoms. The Morgan fingerprint density at radius 1 is 1.77 bits per heavy atom. The lowest BCUT2D eigenvalue weighted by atomic mass is 10.2. The van der Waals surface area contributed by atoms with Gasteiger partial charge in [0.05, 0.1) is 11.8 Å². The Balaban J connectivity index is 3.33. The molecule has 0 saturated carbocycles. The second-order valence-corrected chi connectivity index (χ2v) is 3.67. The maximum absolute atomic E-state index is 11.1. The van der Waals surface area contributed by atoms with Crippen LogP contribution in [0.4, 0.5) is 0 Å². The zero-order chi connectivity index (χ0) is 10.1. The molecule has 13 heavy (non-hydrogen) atoms. The topological polar surface area (TPSA) is 55.1 Å². The van der Waals surface area contributed by atoms with Crippen molar-refractivity contribution < 1.29 is 4.79 Å². The van der Waals surface area contributed by atoms with Crippen LogP contribution in [0, 0.1) is 12.3 Å². The summed E-state index contributed by atoms with van der Waals surface area (Å²) >= 11 is 1.62. The van der Waals surface area contributed by atoms with Crippen LogP contribution in [0.1, 0.15) is 13.3 Å². The minimum absolute atomic E-state index is 0.0798. The molecule has 0 heterocycles. The molecule has 1 atom stereocenters. The summed E-state index contributed by atoms with van der Waals surface area (Å²) in [7, 11) is 0. The summed E-state index contributed by atoms with van der Waals surface area (Å²) in [4.78, 5) is 11.1. The van der Waals surface area contributed by atoms with Gasteiger partial charge in [-0.1, -0.05) is 12.8 Å². The molecule has 74 valence electrons. The van der Waals surface area contributed by atoms with E-state index in [1.54, 1.807) is 11.8 Å². The number of amides is 1. The standard InChI is InChI=1S/C9H16N2OS/c1-3-6-13-7-5-11-9(12)8(10)4-2/h1,8H,4-7,10H2,2H3,(H,11,12)/t8-/m0/s1. The lowest BCUT2D eigenvalue weighted by Crippen LogP contribution is -2.40. The summed E-state index contributed by atoms with van der Waals surface area (Å²) in [6, 6.07) is -0.377. The summed E-state index contributed by atoms with van der Waals surface area (Å²) < 4.78 is 0. The first-order valence-corrected chi connectivity index (χ1v) is 5.42. The molecule has 0 unspecified atom stereocenters. The minimum Gasteiger partial charge on any atom is -0.354 e. The predicted octanol–water partition coefficient (Wildman–Crippen LogP) is 0.206. The summed E-state index contributed by atoms with van der Waals surface area (Å²) in [6.07, 6.45) is 5.73. The molecule has 0 bridgehead atoms. The van der Waals surface area contributed by atoms with Gasteiger partial charge in [-0.05, 0) is 6.42 Å². The van der Waals surface area contributed by atoms with Crippen molar-refractivity contribution in [2.45, 2.75) is 19.4 Å². The van der Waals surface area contributed by atoms with Crippen molar-refractivity contribution in [1.82, 2.24) is 5.32 Å². The Labute approximate surface area is 83.8 Å². The quantitative estimate of drug-likeness (QED) is 0.476. The zero-order valence-corrected chi connectivity index (χ0v) is 8.69. The van der Waals surface area contributed by atoms with Gasteiger partial charge in [0, 0.05) is 12.3 Å². The molecule has 1 amide bonds. The average Bonchev–Trinajstić information content (AvgIpc) is 2.16. The molecule has 0 aliphatic carbocycles.